The van der Waals surface area contributed by atoms with E-state index in [9.17, 15) is 0 Å². The Balaban J connectivity index is 2.87. The molecule has 0 aromatic heterocycles. The van der Waals surface area contributed by atoms with E-state index in [-0.39, 0.29) is 6.73 Å². The number of nitrogens with zero attached hydrogens (tertiary/aromatic N) is 1. The van der Waals surface area contributed by atoms with Gasteiger partial charge < -0.3 is 14.6 Å². The van der Waals surface area contributed by atoms with Crippen LogP contribution in [0, 0.1) is 0 Å². The topological polar surface area (TPSA) is 41.9 Å². The van der Waals surface area contributed by atoms with Gasteiger partial charge in [0.1, 0.15) is 11.5 Å². The van der Waals surface area contributed by atoms with Crippen molar-refractivity contribution in [3.05, 3.63) is 23.8 Å². The zero-order valence-electron chi connectivity index (χ0n) is 9.36. The third kappa shape index (κ3) is 3.11. The first-order chi connectivity index (χ1) is 7.21. The van der Waals surface area contributed by atoms with Gasteiger partial charge in [0.25, 0.3) is 0 Å². The summed E-state index contributed by atoms with van der Waals surface area (Å²) in [6.45, 7) is 0.666. The Morgan fingerprint density at radius 2 is 2.00 bits per heavy atom. The molecule has 15 heavy (non-hydrogen) atoms. The average Bonchev–Trinajstić information content (AvgIpc) is 2.29. The van der Waals surface area contributed by atoms with Crippen LogP contribution in [0.5, 0.6) is 11.5 Å². The van der Waals surface area contributed by atoms with E-state index < -0.39 is 0 Å². The van der Waals surface area contributed by atoms with Gasteiger partial charge in [0.2, 0.25) is 0 Å². The van der Waals surface area contributed by atoms with Crippen molar-refractivity contribution in [3.8, 4) is 11.5 Å². The lowest BCUT2D eigenvalue weighted by atomic mass is 10.2. The molecule has 4 nitrogen and oxygen atoms in total. The predicted octanol–water partition coefficient (Wildman–Crippen LogP) is 1.09. The van der Waals surface area contributed by atoms with E-state index in [1.165, 1.54) is 0 Å². The Morgan fingerprint density at radius 1 is 1.27 bits per heavy atom. The molecule has 0 saturated heterocycles. The van der Waals surface area contributed by atoms with E-state index in [1.54, 1.807) is 19.1 Å². The minimum Gasteiger partial charge on any atom is -0.497 e. The second kappa shape index (κ2) is 5.58. The van der Waals surface area contributed by atoms with Gasteiger partial charge in [-0.15, -0.1) is 0 Å². The van der Waals surface area contributed by atoms with Gasteiger partial charge in [-0.2, -0.15) is 0 Å². The molecule has 0 radical (unpaired) electrons. The molecule has 1 N–H and O–H groups in total. The van der Waals surface area contributed by atoms with Gasteiger partial charge in [-0.05, 0) is 13.1 Å². The second-order valence-corrected chi connectivity index (χ2v) is 3.33. The zero-order chi connectivity index (χ0) is 11.3. The zero-order valence-corrected chi connectivity index (χ0v) is 9.36. The highest BCUT2D eigenvalue weighted by Gasteiger charge is 2.06. The van der Waals surface area contributed by atoms with Gasteiger partial charge in [0.15, 0.2) is 0 Å². The van der Waals surface area contributed by atoms with Crippen LogP contribution < -0.4 is 9.47 Å². The number of methoxy groups -OCH3 is 2. The van der Waals surface area contributed by atoms with Gasteiger partial charge in [-0.1, -0.05) is 6.07 Å². The van der Waals surface area contributed by atoms with E-state index in [0.29, 0.717) is 6.54 Å². The molecular formula is C11H17NO3. The van der Waals surface area contributed by atoms with Crippen molar-refractivity contribution in [2.45, 2.75) is 6.54 Å². The van der Waals surface area contributed by atoms with Gasteiger partial charge >= 0.3 is 0 Å². The van der Waals surface area contributed by atoms with Crippen molar-refractivity contribution in [2.75, 3.05) is 28.0 Å². The standard InChI is InChI=1S/C11H17NO3/c1-12(8-13)7-9-4-5-10(14-2)6-11(9)15-3/h4-6,13H,7-8H2,1-3H3. The Hall–Kier alpha value is -1.26. The lowest BCUT2D eigenvalue weighted by molar-refractivity contribution is 0.126. The molecule has 0 heterocycles. The molecule has 0 bridgehead atoms. The molecule has 84 valence electrons. The van der Waals surface area contributed by atoms with Crippen LogP contribution in [0.25, 0.3) is 0 Å². The maximum absolute atomic E-state index is 8.92. The number of hydrogen-bond donors (Lipinski definition) is 1. The molecule has 1 rings (SSSR count). The van der Waals surface area contributed by atoms with Crippen molar-refractivity contribution in [1.82, 2.24) is 4.90 Å². The van der Waals surface area contributed by atoms with Crippen molar-refractivity contribution in [2.24, 2.45) is 0 Å². The van der Waals surface area contributed by atoms with Crippen LogP contribution >= 0.6 is 0 Å². The molecular weight excluding hydrogens is 194 g/mol. The monoisotopic (exact) mass is 211 g/mol. The molecule has 0 aliphatic carbocycles. The molecule has 0 atom stereocenters. The summed E-state index contributed by atoms with van der Waals surface area (Å²) >= 11 is 0. The Labute approximate surface area is 90.0 Å². The number of aliphatic hydroxyl groups is 1. The van der Waals surface area contributed by atoms with E-state index in [1.807, 2.05) is 25.2 Å². The van der Waals surface area contributed by atoms with E-state index in [4.69, 9.17) is 14.6 Å². The second-order valence-electron chi connectivity index (χ2n) is 3.33. The van der Waals surface area contributed by atoms with Crippen LogP contribution in [0.3, 0.4) is 0 Å². The first kappa shape index (κ1) is 11.8. The first-order valence-corrected chi connectivity index (χ1v) is 4.71. The highest BCUT2D eigenvalue weighted by Crippen LogP contribution is 2.25. The number of ether oxygens (including phenoxy) is 2. The molecule has 1 aromatic rings. The molecule has 0 aliphatic rings. The van der Waals surface area contributed by atoms with Gasteiger partial charge in [0.05, 0.1) is 21.0 Å². The summed E-state index contributed by atoms with van der Waals surface area (Å²) in [6.07, 6.45) is 0. The summed E-state index contributed by atoms with van der Waals surface area (Å²) in [5.41, 5.74) is 1.02. The molecule has 0 unspecified atom stereocenters. The Morgan fingerprint density at radius 3 is 2.53 bits per heavy atom. The van der Waals surface area contributed by atoms with Crippen LogP contribution in [0.4, 0.5) is 0 Å². The minimum atomic E-state index is 0.0230. The summed E-state index contributed by atoms with van der Waals surface area (Å²) < 4.78 is 10.3. The van der Waals surface area contributed by atoms with Gasteiger partial charge in [-0.25, -0.2) is 0 Å². The number of hydrogen-bond acceptors (Lipinski definition) is 4. The number of rotatable bonds is 5. The Kier molecular flexibility index (Phi) is 4.39. The third-order valence-corrected chi connectivity index (χ3v) is 2.18. The minimum absolute atomic E-state index is 0.0230. The fourth-order valence-electron chi connectivity index (χ4n) is 1.32. The summed E-state index contributed by atoms with van der Waals surface area (Å²) in [5, 5.41) is 8.92. The van der Waals surface area contributed by atoms with Crippen molar-refractivity contribution < 1.29 is 14.6 Å². The molecule has 0 spiro atoms. The predicted molar refractivity (Wildman–Crippen MR) is 58.1 cm³/mol. The molecule has 4 heteroatoms. The maximum atomic E-state index is 8.92. The summed E-state index contributed by atoms with van der Waals surface area (Å²) in [4.78, 5) is 1.78. The highest BCUT2D eigenvalue weighted by atomic mass is 16.5. The largest absolute Gasteiger partial charge is 0.497 e. The van der Waals surface area contributed by atoms with Crippen molar-refractivity contribution in [1.29, 1.82) is 0 Å². The molecule has 0 fully saturated rings. The van der Waals surface area contributed by atoms with Crippen molar-refractivity contribution >= 4 is 0 Å². The number of benzene rings is 1. The van der Waals surface area contributed by atoms with E-state index in [0.717, 1.165) is 17.1 Å². The molecule has 0 aliphatic heterocycles. The molecule has 1 aromatic carbocycles. The first-order valence-electron chi connectivity index (χ1n) is 4.71. The van der Waals surface area contributed by atoms with Crippen LogP contribution in [-0.4, -0.2) is 38.0 Å². The summed E-state index contributed by atoms with van der Waals surface area (Å²) in [5.74, 6) is 1.54. The molecule has 0 amide bonds. The number of aliphatic hydroxyl groups excluding tert-OH is 1. The quantitative estimate of drug-likeness (QED) is 0.740. The van der Waals surface area contributed by atoms with Crippen LogP contribution in [0.2, 0.25) is 0 Å². The average molecular weight is 211 g/mol. The van der Waals surface area contributed by atoms with E-state index in [2.05, 4.69) is 0 Å². The SMILES string of the molecule is COc1ccc(CN(C)CO)c(OC)c1. The van der Waals surface area contributed by atoms with E-state index >= 15 is 0 Å². The van der Waals surface area contributed by atoms with Crippen LogP contribution in [0.15, 0.2) is 18.2 Å². The lowest BCUT2D eigenvalue weighted by Crippen LogP contribution is -2.18. The molecule has 0 saturated carbocycles. The summed E-state index contributed by atoms with van der Waals surface area (Å²) in [7, 11) is 5.08. The maximum Gasteiger partial charge on any atom is 0.127 e. The van der Waals surface area contributed by atoms with Gasteiger partial charge in [-0.3, -0.25) is 4.90 Å². The highest BCUT2D eigenvalue weighted by molar-refractivity contribution is 5.40. The summed E-state index contributed by atoms with van der Waals surface area (Å²) in [6, 6.07) is 5.65. The van der Waals surface area contributed by atoms with Crippen LogP contribution in [-0.2, 0) is 6.54 Å². The third-order valence-electron chi connectivity index (χ3n) is 2.18. The van der Waals surface area contributed by atoms with Crippen LogP contribution in [0.1, 0.15) is 5.56 Å². The normalized spacial score (nSPS) is 10.5. The lowest BCUT2D eigenvalue weighted by Gasteiger charge is -2.16. The Bertz CT molecular complexity index is 315. The van der Waals surface area contributed by atoms with Gasteiger partial charge in [0, 0.05) is 18.2 Å². The fraction of sp³-hybridized carbons (Fsp3) is 0.455. The fourth-order valence-corrected chi connectivity index (χ4v) is 1.32. The smallest absolute Gasteiger partial charge is 0.127 e. The van der Waals surface area contributed by atoms with Crippen molar-refractivity contribution in [3.63, 3.8) is 0 Å².